The molecule has 0 bridgehead atoms. The lowest BCUT2D eigenvalue weighted by atomic mass is 9.82. The predicted molar refractivity (Wildman–Crippen MR) is 106 cm³/mol. The smallest absolute Gasteiger partial charge is 0.497 e. The zero-order chi connectivity index (χ0) is 22.2. The molecule has 1 aromatic carbocycles. The number of hydrogen-bond acceptors (Lipinski definition) is 1. The number of fused-ring (bicyclic) bond motifs is 2. The van der Waals surface area contributed by atoms with Crippen LogP contribution in [0.4, 0.5) is 21.8 Å². The monoisotopic (exact) mass is 422 g/mol. The highest BCUT2D eigenvalue weighted by atomic mass is 19.4. The Morgan fingerprint density at radius 1 is 1.03 bits per heavy atom. The summed E-state index contributed by atoms with van der Waals surface area (Å²) in [5.74, 6) is 0.216. The molecule has 2 aliphatic heterocycles. The van der Waals surface area contributed by atoms with E-state index in [9.17, 15) is 13.2 Å². The van der Waals surface area contributed by atoms with E-state index in [4.69, 9.17) is 4.74 Å². The molecule has 3 nitrogen and oxygen atoms in total. The van der Waals surface area contributed by atoms with Gasteiger partial charge in [0, 0.05) is 29.8 Å². The standard InChI is InChI=1S/C21H20BF5N2O/c1-11-8-13(3)28-19(11)18(20-12(2)9-14(4)29(20)22(28,26)27)16-10-15(30-5)6-7-17(16)21(23,24)25/h6-10H,1-5H3. The maximum Gasteiger partial charge on any atom is 0.737 e. The van der Waals surface area contributed by atoms with Crippen molar-refractivity contribution in [3.05, 3.63) is 69.7 Å². The molecule has 0 saturated carbocycles. The minimum absolute atomic E-state index is 0.102. The van der Waals surface area contributed by atoms with Crippen molar-refractivity contribution in [2.24, 2.45) is 0 Å². The van der Waals surface area contributed by atoms with Crippen LogP contribution < -0.4 is 4.74 Å². The van der Waals surface area contributed by atoms with Gasteiger partial charge in [0.05, 0.1) is 18.2 Å². The Balaban J connectivity index is 2.22. The zero-order valence-corrected chi connectivity index (χ0v) is 17.2. The molecular formula is C21H20BF5N2O. The van der Waals surface area contributed by atoms with Crippen molar-refractivity contribution < 1.29 is 31.0 Å². The fraction of sp³-hybridized carbons (Fsp3) is 0.286. The molecule has 9 heteroatoms. The third-order valence-electron chi connectivity index (χ3n) is 5.74. The van der Waals surface area contributed by atoms with E-state index < -0.39 is 18.7 Å². The van der Waals surface area contributed by atoms with Gasteiger partial charge in [0.2, 0.25) is 0 Å². The third-order valence-corrected chi connectivity index (χ3v) is 5.74. The van der Waals surface area contributed by atoms with Gasteiger partial charge in [-0.25, -0.2) is 0 Å². The average Bonchev–Trinajstić information content (AvgIpc) is 3.11. The zero-order valence-electron chi connectivity index (χ0n) is 17.2. The van der Waals surface area contributed by atoms with Crippen molar-refractivity contribution in [2.45, 2.75) is 33.9 Å². The summed E-state index contributed by atoms with van der Waals surface area (Å²) in [6.07, 6.45) is -3.09. The van der Waals surface area contributed by atoms with Crippen LogP contribution in [-0.4, -0.2) is 28.8 Å². The van der Waals surface area contributed by atoms with Crippen molar-refractivity contribution >= 4 is 18.3 Å². The van der Waals surface area contributed by atoms with Crippen molar-refractivity contribution in [3.8, 4) is 5.75 Å². The number of halogens is 5. The summed E-state index contributed by atoms with van der Waals surface area (Å²) in [5.41, 5.74) is 0.813. The van der Waals surface area contributed by atoms with Crippen LogP contribution in [0.15, 0.2) is 41.6 Å². The molecular weight excluding hydrogens is 402 g/mol. The van der Waals surface area contributed by atoms with Gasteiger partial charge in [-0.3, -0.25) is 0 Å². The van der Waals surface area contributed by atoms with Crippen LogP contribution in [0.3, 0.4) is 0 Å². The van der Waals surface area contributed by atoms with Crippen molar-refractivity contribution in [2.75, 3.05) is 7.11 Å². The lowest BCUT2D eigenvalue weighted by Gasteiger charge is -2.34. The van der Waals surface area contributed by atoms with Crippen LogP contribution in [0.5, 0.6) is 5.75 Å². The van der Waals surface area contributed by atoms with Gasteiger partial charge in [0.1, 0.15) is 11.5 Å². The summed E-state index contributed by atoms with van der Waals surface area (Å²) < 4.78 is 80.0. The molecule has 30 heavy (non-hydrogen) atoms. The Bertz CT molecular complexity index is 1180. The van der Waals surface area contributed by atoms with Gasteiger partial charge in [0.25, 0.3) is 0 Å². The topological polar surface area (TPSA) is 17.2 Å². The molecule has 158 valence electrons. The van der Waals surface area contributed by atoms with Crippen molar-refractivity contribution in [1.82, 2.24) is 4.48 Å². The highest BCUT2D eigenvalue weighted by Crippen LogP contribution is 2.47. The molecule has 0 N–H and O–H groups in total. The van der Waals surface area contributed by atoms with Crippen LogP contribution in [0.2, 0.25) is 0 Å². The first-order chi connectivity index (χ1) is 13.9. The Labute approximate surface area is 170 Å². The van der Waals surface area contributed by atoms with E-state index in [1.807, 2.05) is 0 Å². The molecule has 3 heterocycles. The lowest BCUT2D eigenvalue weighted by molar-refractivity contribution is -0.363. The van der Waals surface area contributed by atoms with Crippen LogP contribution in [0.25, 0.3) is 5.57 Å². The molecule has 0 atom stereocenters. The highest BCUT2D eigenvalue weighted by Gasteiger charge is 2.55. The molecule has 2 aliphatic rings. The number of nitrogens with zero attached hydrogens (tertiary/aromatic N) is 2. The number of alkyl halides is 3. The highest BCUT2D eigenvalue weighted by molar-refractivity contribution is 6.58. The Kier molecular flexibility index (Phi) is 4.31. The minimum Gasteiger partial charge on any atom is -0.497 e. The molecule has 0 radical (unpaired) electrons. The summed E-state index contributed by atoms with van der Waals surface area (Å²) in [4.78, 5) is 0. The van der Waals surface area contributed by atoms with Gasteiger partial charge in [-0.1, -0.05) is 0 Å². The van der Waals surface area contributed by atoms with Crippen LogP contribution in [-0.2, 0) is 6.18 Å². The molecule has 1 aromatic heterocycles. The number of hydrogen-bond donors (Lipinski definition) is 0. The van der Waals surface area contributed by atoms with Gasteiger partial charge < -0.3 is 22.3 Å². The van der Waals surface area contributed by atoms with E-state index in [1.165, 1.54) is 33.1 Å². The summed E-state index contributed by atoms with van der Waals surface area (Å²) in [6, 6.07) is 5.01. The average molecular weight is 422 g/mol. The molecule has 0 fully saturated rings. The molecule has 0 amide bonds. The SMILES string of the molecule is COc1ccc(C(F)(F)F)c(C2=C3C(C)=CC(C)=[N+]3[B-](F)(F)n3c(C)cc(C)c32)c1. The second-order valence-electron chi connectivity index (χ2n) is 7.75. The number of ether oxygens (including phenoxy) is 1. The second-order valence-corrected chi connectivity index (χ2v) is 7.75. The van der Waals surface area contributed by atoms with Gasteiger partial charge in [-0.15, -0.1) is 0 Å². The van der Waals surface area contributed by atoms with E-state index >= 15 is 8.63 Å². The van der Waals surface area contributed by atoms with Gasteiger partial charge >= 0.3 is 13.1 Å². The molecule has 2 aromatic rings. The van der Waals surface area contributed by atoms with Crippen LogP contribution in [0, 0.1) is 13.8 Å². The van der Waals surface area contributed by atoms with Crippen molar-refractivity contribution in [1.29, 1.82) is 0 Å². The first kappa shape index (κ1) is 20.4. The number of aromatic nitrogens is 1. The normalized spacial score (nSPS) is 17.9. The van der Waals surface area contributed by atoms with E-state index in [2.05, 4.69) is 0 Å². The summed E-state index contributed by atoms with van der Waals surface area (Å²) in [7, 11) is 1.35. The first-order valence-corrected chi connectivity index (χ1v) is 9.42. The second kappa shape index (κ2) is 6.33. The molecule has 0 unspecified atom stereocenters. The van der Waals surface area contributed by atoms with E-state index in [0.29, 0.717) is 11.1 Å². The van der Waals surface area contributed by atoms with Crippen LogP contribution in [0.1, 0.15) is 41.9 Å². The number of benzene rings is 1. The first-order valence-electron chi connectivity index (χ1n) is 9.42. The van der Waals surface area contributed by atoms with E-state index in [1.54, 1.807) is 26.0 Å². The fourth-order valence-corrected chi connectivity index (χ4v) is 4.66. The summed E-state index contributed by atoms with van der Waals surface area (Å²) in [6.45, 7) is 2.09. The molecule has 4 rings (SSSR count). The number of aryl methyl sites for hydroxylation is 2. The van der Waals surface area contributed by atoms with E-state index in [0.717, 1.165) is 15.0 Å². The van der Waals surface area contributed by atoms with Gasteiger partial charge in [-0.05, 0) is 56.3 Å². The van der Waals surface area contributed by atoms with E-state index in [-0.39, 0.29) is 39.7 Å². The fourth-order valence-electron chi connectivity index (χ4n) is 4.66. The molecule has 0 saturated heterocycles. The Morgan fingerprint density at radius 2 is 1.70 bits per heavy atom. The van der Waals surface area contributed by atoms with Gasteiger partial charge in [-0.2, -0.15) is 13.2 Å². The maximum absolute atomic E-state index is 15.6. The Morgan fingerprint density at radius 3 is 2.30 bits per heavy atom. The number of allylic oxidation sites excluding steroid dienone is 2. The quantitative estimate of drug-likeness (QED) is 0.458. The maximum atomic E-state index is 15.6. The minimum atomic E-state index is -4.67. The van der Waals surface area contributed by atoms with Crippen LogP contribution >= 0.6 is 0 Å². The van der Waals surface area contributed by atoms with Gasteiger partial charge in [0.15, 0.2) is 5.70 Å². The lowest BCUT2D eigenvalue weighted by Crippen LogP contribution is -2.51. The largest absolute Gasteiger partial charge is 0.737 e. The molecule has 0 spiro atoms. The van der Waals surface area contributed by atoms with Crippen molar-refractivity contribution in [3.63, 3.8) is 0 Å². The number of methoxy groups -OCH3 is 1. The Hall–Kier alpha value is -2.84. The summed E-state index contributed by atoms with van der Waals surface area (Å²) in [5, 5.41) is 0. The molecule has 0 aliphatic carbocycles. The number of rotatable bonds is 2. The summed E-state index contributed by atoms with van der Waals surface area (Å²) >= 11 is 0. The third kappa shape index (κ3) is 2.67. The predicted octanol–water partition coefficient (Wildman–Crippen LogP) is 5.56.